The molecule has 0 radical (unpaired) electrons. The van der Waals surface area contributed by atoms with Gasteiger partial charge in [-0.15, -0.1) is 0 Å². The number of imidazole rings is 1. The highest BCUT2D eigenvalue weighted by molar-refractivity contribution is 5.78. The van der Waals surface area contributed by atoms with Crippen molar-refractivity contribution >= 4 is 16.9 Å². The number of hydrogen-bond donors (Lipinski definition) is 1. The van der Waals surface area contributed by atoms with Crippen LogP contribution in [0.1, 0.15) is 12.8 Å². The molecule has 0 aliphatic heterocycles. The van der Waals surface area contributed by atoms with E-state index in [4.69, 9.17) is 0 Å². The minimum atomic E-state index is 0.700. The Hall–Kier alpha value is -2.43. The summed E-state index contributed by atoms with van der Waals surface area (Å²) in [6.45, 7) is 1.88. The number of nitrogens with zero attached hydrogens (tertiary/aromatic N) is 4. The molecular formula is C15H17N5. The molecule has 0 atom stereocenters. The summed E-state index contributed by atoms with van der Waals surface area (Å²) in [5, 5.41) is 4.34. The summed E-state index contributed by atoms with van der Waals surface area (Å²) in [7, 11) is 0. The predicted molar refractivity (Wildman–Crippen MR) is 79.5 cm³/mol. The number of hydrogen-bond acceptors (Lipinski definition) is 4. The maximum Gasteiger partial charge on any atom is 0.223 e. The molecule has 0 amide bonds. The Kier molecular flexibility index (Phi) is 3.87. The Morgan fingerprint density at radius 3 is 3.00 bits per heavy atom. The van der Waals surface area contributed by atoms with Gasteiger partial charge in [0.25, 0.3) is 0 Å². The average molecular weight is 267 g/mol. The zero-order chi connectivity index (χ0) is 13.6. The number of rotatable bonds is 6. The molecule has 1 aromatic carbocycles. The summed E-state index contributed by atoms with van der Waals surface area (Å²) < 4.78 is 2.09. The molecule has 2 aromatic heterocycles. The smallest absolute Gasteiger partial charge is 0.223 e. The van der Waals surface area contributed by atoms with E-state index in [9.17, 15) is 0 Å². The van der Waals surface area contributed by atoms with E-state index in [2.05, 4.69) is 24.8 Å². The summed E-state index contributed by atoms with van der Waals surface area (Å²) in [5.41, 5.74) is 0.975. The normalized spacial score (nSPS) is 10.8. The van der Waals surface area contributed by atoms with Gasteiger partial charge in [-0.05, 0) is 18.9 Å². The molecule has 3 aromatic rings. The molecule has 0 spiro atoms. The zero-order valence-electron chi connectivity index (χ0n) is 11.2. The Morgan fingerprint density at radius 2 is 2.10 bits per heavy atom. The van der Waals surface area contributed by atoms with E-state index in [1.54, 1.807) is 6.20 Å². The second-order valence-electron chi connectivity index (χ2n) is 4.69. The molecule has 5 heteroatoms. The molecule has 0 unspecified atom stereocenters. The molecule has 1 N–H and O–H groups in total. The molecule has 3 rings (SSSR count). The van der Waals surface area contributed by atoms with E-state index < -0.39 is 0 Å². The highest BCUT2D eigenvalue weighted by atomic mass is 15.1. The van der Waals surface area contributed by atoms with Crippen molar-refractivity contribution in [3.8, 4) is 0 Å². The van der Waals surface area contributed by atoms with Crippen LogP contribution in [0, 0.1) is 0 Å². The number of aromatic nitrogens is 4. The number of anilines is 1. The number of unbranched alkanes of at least 4 members (excludes halogenated alkanes) is 1. The Balaban J connectivity index is 1.47. The van der Waals surface area contributed by atoms with Crippen LogP contribution in [-0.4, -0.2) is 26.1 Å². The van der Waals surface area contributed by atoms with Gasteiger partial charge in [0, 0.05) is 37.1 Å². The first-order chi connectivity index (χ1) is 9.92. The van der Waals surface area contributed by atoms with E-state index in [0.29, 0.717) is 5.95 Å². The van der Waals surface area contributed by atoms with Gasteiger partial charge >= 0.3 is 0 Å². The largest absolute Gasteiger partial charge is 0.354 e. The zero-order valence-corrected chi connectivity index (χ0v) is 11.2. The van der Waals surface area contributed by atoms with E-state index in [0.717, 1.165) is 36.8 Å². The van der Waals surface area contributed by atoms with E-state index >= 15 is 0 Å². The lowest BCUT2D eigenvalue weighted by Crippen LogP contribution is -2.06. The average Bonchev–Trinajstić information content (AvgIpc) is 3.00. The number of aryl methyl sites for hydroxylation is 1. The van der Waals surface area contributed by atoms with Crippen molar-refractivity contribution in [3.05, 3.63) is 49.2 Å². The monoisotopic (exact) mass is 267 g/mol. The third-order valence-corrected chi connectivity index (χ3v) is 3.17. The van der Waals surface area contributed by atoms with Gasteiger partial charge in [-0.3, -0.25) is 0 Å². The molecule has 0 aliphatic carbocycles. The summed E-state index contributed by atoms with van der Waals surface area (Å²) >= 11 is 0. The minimum Gasteiger partial charge on any atom is -0.354 e. The van der Waals surface area contributed by atoms with Crippen molar-refractivity contribution in [3.63, 3.8) is 0 Å². The quantitative estimate of drug-likeness (QED) is 0.698. The molecule has 0 fully saturated rings. The van der Waals surface area contributed by atoms with Crippen molar-refractivity contribution < 1.29 is 0 Å². The van der Waals surface area contributed by atoms with Crippen LogP contribution in [-0.2, 0) is 6.54 Å². The van der Waals surface area contributed by atoms with Gasteiger partial charge in [0.15, 0.2) is 0 Å². The molecule has 5 nitrogen and oxygen atoms in total. The Labute approximate surface area is 117 Å². The number of para-hydroxylation sites is 1. The highest BCUT2D eigenvalue weighted by Gasteiger charge is 1.98. The molecule has 0 aliphatic rings. The topological polar surface area (TPSA) is 55.6 Å². The van der Waals surface area contributed by atoms with Crippen LogP contribution in [0.5, 0.6) is 0 Å². The van der Waals surface area contributed by atoms with Crippen LogP contribution in [0.4, 0.5) is 5.95 Å². The summed E-state index contributed by atoms with van der Waals surface area (Å²) in [4.78, 5) is 12.8. The van der Waals surface area contributed by atoms with Crippen LogP contribution < -0.4 is 5.32 Å². The van der Waals surface area contributed by atoms with Gasteiger partial charge in [-0.1, -0.05) is 18.2 Å². The van der Waals surface area contributed by atoms with Crippen LogP contribution >= 0.6 is 0 Å². The first kappa shape index (κ1) is 12.6. The van der Waals surface area contributed by atoms with Gasteiger partial charge in [-0.2, -0.15) is 0 Å². The van der Waals surface area contributed by atoms with Crippen molar-refractivity contribution in [1.29, 1.82) is 0 Å². The Bertz CT molecular complexity index is 663. The summed E-state index contributed by atoms with van der Waals surface area (Å²) in [6.07, 6.45) is 9.68. The standard InChI is InChI=1S/C15H17N5/c1-2-6-14-13(5-1)11-18-15(19-14)17-7-3-4-9-20-10-8-16-12-20/h1-2,5-6,8,10-12H,3-4,7,9H2,(H,17,18,19). The molecule has 20 heavy (non-hydrogen) atoms. The molecule has 0 saturated heterocycles. The highest BCUT2D eigenvalue weighted by Crippen LogP contribution is 2.11. The van der Waals surface area contributed by atoms with Crippen LogP contribution in [0.3, 0.4) is 0 Å². The van der Waals surface area contributed by atoms with Crippen LogP contribution in [0.15, 0.2) is 49.2 Å². The maximum absolute atomic E-state index is 4.49. The van der Waals surface area contributed by atoms with Crippen molar-refractivity contribution in [2.45, 2.75) is 19.4 Å². The van der Waals surface area contributed by atoms with Crippen molar-refractivity contribution in [1.82, 2.24) is 19.5 Å². The molecule has 102 valence electrons. The minimum absolute atomic E-state index is 0.700. The first-order valence-corrected chi connectivity index (χ1v) is 6.83. The van der Waals surface area contributed by atoms with Gasteiger partial charge in [-0.25, -0.2) is 15.0 Å². The van der Waals surface area contributed by atoms with Crippen molar-refractivity contribution in [2.75, 3.05) is 11.9 Å². The summed E-state index contributed by atoms with van der Waals surface area (Å²) in [5.74, 6) is 0.700. The fourth-order valence-corrected chi connectivity index (χ4v) is 2.10. The second-order valence-corrected chi connectivity index (χ2v) is 4.69. The van der Waals surface area contributed by atoms with Gasteiger partial charge in [0.2, 0.25) is 5.95 Å². The maximum atomic E-state index is 4.49. The van der Waals surface area contributed by atoms with Gasteiger partial charge in [0.1, 0.15) is 0 Å². The summed E-state index contributed by atoms with van der Waals surface area (Å²) in [6, 6.07) is 8.00. The third kappa shape index (κ3) is 3.12. The van der Waals surface area contributed by atoms with Crippen LogP contribution in [0.25, 0.3) is 10.9 Å². The SMILES string of the molecule is c1ccc2nc(NCCCCn3ccnc3)ncc2c1. The van der Waals surface area contributed by atoms with Crippen molar-refractivity contribution in [2.24, 2.45) is 0 Å². The first-order valence-electron chi connectivity index (χ1n) is 6.83. The van der Waals surface area contributed by atoms with E-state index in [1.807, 2.05) is 43.0 Å². The number of nitrogens with one attached hydrogen (secondary N) is 1. The molecule has 0 bridgehead atoms. The van der Waals surface area contributed by atoms with Gasteiger partial charge < -0.3 is 9.88 Å². The lowest BCUT2D eigenvalue weighted by molar-refractivity contribution is 0.620. The molecule has 2 heterocycles. The second kappa shape index (κ2) is 6.14. The van der Waals surface area contributed by atoms with Gasteiger partial charge in [0.05, 0.1) is 11.8 Å². The lowest BCUT2D eigenvalue weighted by atomic mass is 10.2. The lowest BCUT2D eigenvalue weighted by Gasteiger charge is -2.06. The predicted octanol–water partition coefficient (Wildman–Crippen LogP) is 2.72. The number of fused-ring (bicyclic) bond motifs is 1. The fourth-order valence-electron chi connectivity index (χ4n) is 2.10. The molecular weight excluding hydrogens is 250 g/mol. The number of benzene rings is 1. The third-order valence-electron chi connectivity index (χ3n) is 3.17. The van der Waals surface area contributed by atoms with E-state index in [-0.39, 0.29) is 0 Å². The van der Waals surface area contributed by atoms with Crippen LogP contribution in [0.2, 0.25) is 0 Å². The van der Waals surface area contributed by atoms with E-state index in [1.165, 1.54) is 0 Å². The Morgan fingerprint density at radius 1 is 1.15 bits per heavy atom. The molecule has 0 saturated carbocycles. The fraction of sp³-hybridized carbons (Fsp3) is 0.267.